The van der Waals surface area contributed by atoms with Crippen molar-refractivity contribution in [2.24, 2.45) is 5.10 Å². The first kappa shape index (κ1) is 14.6. The summed E-state index contributed by atoms with van der Waals surface area (Å²) in [5.74, 6) is -0.0288. The van der Waals surface area contributed by atoms with Crippen LogP contribution >= 0.6 is 0 Å². The number of rotatable bonds is 2. The van der Waals surface area contributed by atoms with E-state index in [1.807, 2.05) is 42.5 Å². The summed E-state index contributed by atoms with van der Waals surface area (Å²) in [6.07, 6.45) is 0.734. The van der Waals surface area contributed by atoms with Crippen molar-refractivity contribution < 1.29 is 4.79 Å². The van der Waals surface area contributed by atoms with E-state index < -0.39 is 0 Å². The van der Waals surface area contributed by atoms with Crippen LogP contribution in [0.4, 0.5) is 0 Å². The Morgan fingerprint density at radius 2 is 1.67 bits per heavy atom. The normalized spacial score (nSPS) is 17.1. The average molecular weight is 314 g/mol. The number of hydrogen-bond donors (Lipinski definition) is 0. The van der Waals surface area contributed by atoms with Gasteiger partial charge < -0.3 is 0 Å². The molecule has 0 radical (unpaired) electrons. The molecule has 0 aromatic heterocycles. The molecular formula is C21H18N2O. The van der Waals surface area contributed by atoms with Gasteiger partial charge in [0.1, 0.15) is 0 Å². The lowest BCUT2D eigenvalue weighted by Crippen LogP contribution is -2.24. The fraction of sp³-hybridized carbons (Fsp3) is 0.143. The van der Waals surface area contributed by atoms with Crippen molar-refractivity contribution >= 4 is 22.4 Å². The van der Waals surface area contributed by atoms with Gasteiger partial charge in [-0.1, -0.05) is 72.8 Å². The number of carbonyl (C=O) groups is 1. The molecule has 0 saturated heterocycles. The Morgan fingerprint density at radius 1 is 0.958 bits per heavy atom. The number of fused-ring (bicyclic) bond motifs is 1. The van der Waals surface area contributed by atoms with Gasteiger partial charge in [0.05, 0.1) is 11.8 Å². The number of benzene rings is 3. The number of carbonyl (C=O) groups excluding carboxylic acids is 1. The summed E-state index contributed by atoms with van der Waals surface area (Å²) in [5, 5.41) is 8.62. The van der Waals surface area contributed by atoms with Crippen molar-refractivity contribution in [3.8, 4) is 0 Å². The lowest BCUT2D eigenvalue weighted by Gasteiger charge is -2.22. The van der Waals surface area contributed by atoms with E-state index >= 15 is 0 Å². The average Bonchev–Trinajstić information content (AvgIpc) is 3.07. The largest absolute Gasteiger partial charge is 0.273 e. The highest BCUT2D eigenvalue weighted by molar-refractivity contribution is 6.03. The van der Waals surface area contributed by atoms with E-state index in [-0.39, 0.29) is 11.9 Å². The highest BCUT2D eigenvalue weighted by Crippen LogP contribution is 2.36. The van der Waals surface area contributed by atoms with Crippen molar-refractivity contribution in [1.29, 1.82) is 0 Å². The molecule has 1 aliphatic heterocycles. The minimum Gasteiger partial charge on any atom is -0.273 e. The van der Waals surface area contributed by atoms with E-state index in [1.165, 1.54) is 10.8 Å². The quantitative estimate of drug-likeness (QED) is 0.683. The molecule has 4 rings (SSSR count). The summed E-state index contributed by atoms with van der Waals surface area (Å²) < 4.78 is 0. The van der Waals surface area contributed by atoms with Crippen molar-refractivity contribution in [2.45, 2.75) is 19.4 Å². The van der Waals surface area contributed by atoms with Gasteiger partial charge in [-0.2, -0.15) is 5.10 Å². The van der Waals surface area contributed by atoms with Gasteiger partial charge in [0.15, 0.2) is 0 Å². The third-order valence-electron chi connectivity index (χ3n) is 4.52. The van der Waals surface area contributed by atoms with Gasteiger partial charge in [-0.05, 0) is 21.9 Å². The van der Waals surface area contributed by atoms with Crippen molar-refractivity contribution in [1.82, 2.24) is 5.01 Å². The first-order valence-electron chi connectivity index (χ1n) is 8.14. The Balaban J connectivity index is 1.79. The van der Waals surface area contributed by atoms with Gasteiger partial charge in [-0.15, -0.1) is 0 Å². The molecule has 3 aromatic rings. The van der Waals surface area contributed by atoms with Gasteiger partial charge in [0.25, 0.3) is 0 Å². The Kier molecular flexibility index (Phi) is 3.62. The maximum absolute atomic E-state index is 12.2. The van der Waals surface area contributed by atoms with Crippen LogP contribution in [0, 0.1) is 0 Å². The second-order valence-electron chi connectivity index (χ2n) is 6.06. The highest BCUT2D eigenvalue weighted by atomic mass is 16.2. The SMILES string of the molecule is CC(=O)N1N=C(c2ccccc2)CC1c1cccc2ccccc12. The van der Waals surface area contributed by atoms with Gasteiger partial charge in [0.2, 0.25) is 5.91 Å². The van der Waals surface area contributed by atoms with Crippen LogP contribution < -0.4 is 0 Å². The third-order valence-corrected chi connectivity index (χ3v) is 4.52. The number of hydrogen-bond acceptors (Lipinski definition) is 2. The summed E-state index contributed by atoms with van der Waals surface area (Å²) in [7, 11) is 0. The molecule has 1 amide bonds. The minimum absolute atomic E-state index is 0.0288. The Bertz CT molecular complexity index is 925. The van der Waals surface area contributed by atoms with E-state index in [2.05, 4.69) is 35.4 Å². The monoisotopic (exact) mass is 314 g/mol. The lowest BCUT2D eigenvalue weighted by atomic mass is 9.94. The standard InChI is InChI=1S/C21H18N2O/c1-15(24)23-21(14-20(22-23)17-9-3-2-4-10-17)19-13-7-11-16-8-5-6-12-18(16)19/h2-13,21H,14H2,1H3. The Labute approximate surface area is 141 Å². The second kappa shape index (κ2) is 5.93. The molecule has 1 aliphatic rings. The molecule has 0 saturated carbocycles. The molecule has 0 spiro atoms. The topological polar surface area (TPSA) is 32.7 Å². The molecule has 0 fully saturated rings. The van der Waals surface area contributed by atoms with Gasteiger partial charge >= 0.3 is 0 Å². The molecule has 1 atom stereocenters. The predicted molar refractivity (Wildman–Crippen MR) is 96.8 cm³/mol. The summed E-state index contributed by atoms with van der Waals surface area (Å²) in [4.78, 5) is 12.2. The number of hydrazone groups is 1. The fourth-order valence-electron chi connectivity index (χ4n) is 3.39. The van der Waals surface area contributed by atoms with Gasteiger partial charge in [0, 0.05) is 13.3 Å². The van der Waals surface area contributed by atoms with E-state index in [9.17, 15) is 4.79 Å². The van der Waals surface area contributed by atoms with Crippen LogP contribution in [0.15, 0.2) is 77.9 Å². The van der Waals surface area contributed by atoms with E-state index in [4.69, 9.17) is 0 Å². The van der Waals surface area contributed by atoms with Crippen LogP contribution in [-0.4, -0.2) is 16.6 Å². The summed E-state index contributed by atoms with van der Waals surface area (Å²) in [6, 6.07) is 24.6. The maximum Gasteiger partial charge on any atom is 0.240 e. The minimum atomic E-state index is -0.0520. The van der Waals surface area contributed by atoms with Crippen LogP contribution in [-0.2, 0) is 4.79 Å². The van der Waals surface area contributed by atoms with E-state index in [0.717, 1.165) is 23.3 Å². The van der Waals surface area contributed by atoms with Crippen LogP contribution in [0.3, 0.4) is 0 Å². The van der Waals surface area contributed by atoms with Crippen molar-refractivity contribution in [3.05, 3.63) is 83.9 Å². The smallest absolute Gasteiger partial charge is 0.240 e. The fourth-order valence-corrected chi connectivity index (χ4v) is 3.39. The van der Waals surface area contributed by atoms with Crippen LogP contribution in [0.2, 0.25) is 0 Å². The summed E-state index contributed by atoms with van der Waals surface area (Å²) in [5.41, 5.74) is 3.19. The van der Waals surface area contributed by atoms with Crippen LogP contribution in [0.5, 0.6) is 0 Å². The zero-order chi connectivity index (χ0) is 16.5. The molecule has 0 aliphatic carbocycles. The molecule has 1 heterocycles. The molecular weight excluding hydrogens is 296 g/mol. The summed E-state index contributed by atoms with van der Waals surface area (Å²) >= 11 is 0. The van der Waals surface area contributed by atoms with Gasteiger partial charge in [-0.25, -0.2) is 5.01 Å². The predicted octanol–water partition coefficient (Wildman–Crippen LogP) is 4.54. The third kappa shape index (κ3) is 2.48. The number of amides is 1. The van der Waals surface area contributed by atoms with E-state index in [0.29, 0.717) is 0 Å². The molecule has 3 nitrogen and oxygen atoms in total. The molecule has 24 heavy (non-hydrogen) atoms. The van der Waals surface area contributed by atoms with Crippen molar-refractivity contribution in [2.75, 3.05) is 0 Å². The second-order valence-corrected chi connectivity index (χ2v) is 6.06. The molecule has 3 aromatic carbocycles. The van der Waals surface area contributed by atoms with E-state index in [1.54, 1.807) is 11.9 Å². The molecule has 3 heteroatoms. The molecule has 0 N–H and O–H groups in total. The first-order valence-corrected chi connectivity index (χ1v) is 8.14. The highest BCUT2D eigenvalue weighted by Gasteiger charge is 2.32. The molecule has 118 valence electrons. The number of nitrogens with zero attached hydrogens (tertiary/aromatic N) is 2. The first-order chi connectivity index (χ1) is 11.7. The zero-order valence-corrected chi connectivity index (χ0v) is 13.5. The Morgan fingerprint density at radius 3 is 2.46 bits per heavy atom. The van der Waals surface area contributed by atoms with Gasteiger partial charge in [-0.3, -0.25) is 4.79 Å². The Hall–Kier alpha value is -2.94. The maximum atomic E-state index is 12.2. The summed E-state index contributed by atoms with van der Waals surface area (Å²) in [6.45, 7) is 1.58. The molecule has 1 unspecified atom stereocenters. The van der Waals surface area contributed by atoms with Crippen LogP contribution in [0.25, 0.3) is 10.8 Å². The molecule has 0 bridgehead atoms. The lowest BCUT2D eigenvalue weighted by molar-refractivity contribution is -0.130. The van der Waals surface area contributed by atoms with Crippen molar-refractivity contribution in [3.63, 3.8) is 0 Å². The zero-order valence-electron chi connectivity index (χ0n) is 13.5. The van der Waals surface area contributed by atoms with Crippen LogP contribution in [0.1, 0.15) is 30.5 Å².